The van der Waals surface area contributed by atoms with Gasteiger partial charge in [0.25, 0.3) is 0 Å². The fourth-order valence-corrected chi connectivity index (χ4v) is 0.925. The van der Waals surface area contributed by atoms with E-state index in [0.717, 1.165) is 16.8 Å². The second-order valence-electron chi connectivity index (χ2n) is 2.16. The molecule has 2 heterocycles. The van der Waals surface area contributed by atoms with Gasteiger partial charge in [0.2, 0.25) is 5.95 Å². The Morgan fingerprint density at radius 3 is 2.91 bits per heavy atom. The Labute approximate surface area is 61.1 Å². The predicted molar refractivity (Wildman–Crippen MR) is 35.1 cm³/mol. The van der Waals surface area contributed by atoms with Crippen LogP contribution >= 0.6 is 0 Å². The average Bonchev–Trinajstić information content (AvgIpc) is 2.33. The maximum Gasteiger partial charge on any atom is 0.217 e. The third-order valence-electron chi connectivity index (χ3n) is 1.42. The van der Waals surface area contributed by atoms with Crippen LogP contribution in [0.1, 0.15) is 0 Å². The molecule has 0 amide bonds. The van der Waals surface area contributed by atoms with Gasteiger partial charge in [-0.15, -0.1) is 0 Å². The summed E-state index contributed by atoms with van der Waals surface area (Å²) in [5.41, 5.74) is 0.406. The molecule has 2 aromatic heterocycles. The molecule has 2 aromatic rings. The third kappa shape index (κ3) is 0.869. The van der Waals surface area contributed by atoms with Gasteiger partial charge in [0, 0.05) is 6.20 Å². The monoisotopic (exact) mass is 154 g/mol. The zero-order chi connectivity index (χ0) is 7.84. The number of aromatic nitrogens is 2. The Bertz CT molecular complexity index is 394. The topological polar surface area (TPSA) is 17.3 Å². The Hall–Kier alpha value is -1.45. The molecule has 2 nitrogen and oxygen atoms in total. The van der Waals surface area contributed by atoms with Crippen LogP contribution in [0.3, 0.4) is 0 Å². The van der Waals surface area contributed by atoms with Crippen LogP contribution in [0.2, 0.25) is 0 Å². The molecule has 0 aliphatic rings. The summed E-state index contributed by atoms with van der Waals surface area (Å²) in [7, 11) is 0. The fourth-order valence-electron chi connectivity index (χ4n) is 0.925. The Kier molecular flexibility index (Phi) is 1.15. The lowest BCUT2D eigenvalue weighted by atomic mass is 10.5. The van der Waals surface area contributed by atoms with E-state index in [1.54, 1.807) is 0 Å². The highest BCUT2D eigenvalue weighted by Gasteiger charge is 2.00. The van der Waals surface area contributed by atoms with E-state index in [1.165, 1.54) is 12.1 Å². The van der Waals surface area contributed by atoms with Crippen molar-refractivity contribution in [3.63, 3.8) is 0 Å². The van der Waals surface area contributed by atoms with Gasteiger partial charge in [-0.1, -0.05) is 0 Å². The maximum absolute atomic E-state index is 12.7. The molecule has 0 bridgehead atoms. The fraction of sp³-hybridized carbons (Fsp3) is 0. The third-order valence-corrected chi connectivity index (χ3v) is 1.42. The lowest BCUT2D eigenvalue weighted by Gasteiger charge is -1.92. The standard InChI is InChI=1S/C7H4F2N2/c8-5-1-2-7-10-3-6(9)11(7)4-5/h1-4H. The number of hydrogen-bond acceptors (Lipinski definition) is 1. The molecule has 0 aromatic carbocycles. The first-order valence-corrected chi connectivity index (χ1v) is 3.05. The number of rotatable bonds is 0. The molecule has 56 valence electrons. The predicted octanol–water partition coefficient (Wildman–Crippen LogP) is 1.61. The number of pyridine rings is 1. The van der Waals surface area contributed by atoms with E-state index in [-0.39, 0.29) is 0 Å². The molecule has 0 atom stereocenters. The second-order valence-corrected chi connectivity index (χ2v) is 2.16. The van der Waals surface area contributed by atoms with Gasteiger partial charge in [-0.25, -0.2) is 9.37 Å². The summed E-state index contributed by atoms with van der Waals surface area (Å²) in [6.45, 7) is 0. The zero-order valence-electron chi connectivity index (χ0n) is 5.46. The molecule has 0 radical (unpaired) electrons. The molecular formula is C7H4F2N2. The van der Waals surface area contributed by atoms with Crippen LogP contribution in [0.15, 0.2) is 24.5 Å². The minimum absolute atomic E-state index is 0.406. The summed E-state index contributed by atoms with van der Waals surface area (Å²) >= 11 is 0. The van der Waals surface area contributed by atoms with Crippen LogP contribution in [0.25, 0.3) is 5.65 Å². The summed E-state index contributed by atoms with van der Waals surface area (Å²) in [6, 6.07) is 2.65. The highest BCUT2D eigenvalue weighted by molar-refractivity contribution is 5.37. The SMILES string of the molecule is Fc1ccc2ncc(F)n2c1. The van der Waals surface area contributed by atoms with Gasteiger partial charge in [-0.2, -0.15) is 4.39 Å². The van der Waals surface area contributed by atoms with Crippen molar-refractivity contribution in [2.45, 2.75) is 0 Å². The first-order valence-electron chi connectivity index (χ1n) is 3.05. The molecule has 2 rings (SSSR count). The molecule has 0 unspecified atom stereocenters. The van der Waals surface area contributed by atoms with E-state index in [4.69, 9.17) is 0 Å². The van der Waals surface area contributed by atoms with Crippen LogP contribution in [0, 0.1) is 11.8 Å². The van der Waals surface area contributed by atoms with Crippen molar-refractivity contribution in [1.29, 1.82) is 0 Å². The van der Waals surface area contributed by atoms with E-state index in [0.29, 0.717) is 5.65 Å². The minimum Gasteiger partial charge on any atom is -0.273 e. The number of nitrogens with zero attached hydrogens (tertiary/aromatic N) is 2. The van der Waals surface area contributed by atoms with Crippen LogP contribution in [0.4, 0.5) is 8.78 Å². The van der Waals surface area contributed by atoms with Crippen LogP contribution in [-0.2, 0) is 0 Å². The van der Waals surface area contributed by atoms with Gasteiger partial charge in [0.15, 0.2) is 0 Å². The first kappa shape index (κ1) is 6.27. The van der Waals surface area contributed by atoms with Crippen molar-refractivity contribution in [1.82, 2.24) is 9.38 Å². The van der Waals surface area contributed by atoms with Crippen LogP contribution < -0.4 is 0 Å². The smallest absolute Gasteiger partial charge is 0.217 e. The van der Waals surface area contributed by atoms with Gasteiger partial charge in [0.1, 0.15) is 11.5 Å². The molecule has 0 fully saturated rings. The molecule has 0 aliphatic carbocycles. The van der Waals surface area contributed by atoms with Crippen LogP contribution in [0.5, 0.6) is 0 Å². The summed E-state index contributed by atoms with van der Waals surface area (Å²) in [6.07, 6.45) is 2.10. The Morgan fingerprint density at radius 1 is 1.27 bits per heavy atom. The minimum atomic E-state index is -0.556. The largest absolute Gasteiger partial charge is 0.273 e. The van der Waals surface area contributed by atoms with Crippen molar-refractivity contribution in [2.75, 3.05) is 0 Å². The zero-order valence-corrected chi connectivity index (χ0v) is 5.46. The Balaban J connectivity index is 2.87. The molecule has 11 heavy (non-hydrogen) atoms. The van der Waals surface area contributed by atoms with Gasteiger partial charge in [0.05, 0.1) is 6.20 Å². The summed E-state index contributed by atoms with van der Waals surface area (Å²) in [5.74, 6) is -1.03. The van der Waals surface area contributed by atoms with E-state index >= 15 is 0 Å². The second kappa shape index (κ2) is 2.02. The summed E-state index contributed by atoms with van der Waals surface area (Å²) < 4.78 is 26.2. The van der Waals surface area contributed by atoms with Gasteiger partial charge in [-0.3, -0.25) is 4.40 Å². The van der Waals surface area contributed by atoms with E-state index in [9.17, 15) is 8.78 Å². The van der Waals surface area contributed by atoms with Crippen molar-refractivity contribution < 1.29 is 8.78 Å². The summed E-state index contributed by atoms with van der Waals surface area (Å²) in [4.78, 5) is 3.68. The van der Waals surface area contributed by atoms with Crippen molar-refractivity contribution in [3.8, 4) is 0 Å². The van der Waals surface area contributed by atoms with Gasteiger partial charge < -0.3 is 0 Å². The normalized spacial score (nSPS) is 10.7. The van der Waals surface area contributed by atoms with Crippen LogP contribution in [-0.4, -0.2) is 9.38 Å². The number of halogens is 2. The van der Waals surface area contributed by atoms with E-state index in [2.05, 4.69) is 4.98 Å². The molecule has 0 spiro atoms. The van der Waals surface area contributed by atoms with Gasteiger partial charge >= 0.3 is 0 Å². The maximum atomic E-state index is 12.7. The average molecular weight is 154 g/mol. The molecule has 4 heteroatoms. The molecule has 0 aliphatic heterocycles. The number of imidazole rings is 1. The van der Waals surface area contributed by atoms with Crippen molar-refractivity contribution in [3.05, 3.63) is 36.3 Å². The van der Waals surface area contributed by atoms with Crippen molar-refractivity contribution in [2.24, 2.45) is 0 Å². The molecular weight excluding hydrogens is 150 g/mol. The molecule has 0 N–H and O–H groups in total. The highest BCUT2D eigenvalue weighted by atomic mass is 19.1. The lowest BCUT2D eigenvalue weighted by molar-refractivity contribution is 0.558. The quantitative estimate of drug-likeness (QED) is 0.563. The number of hydrogen-bond donors (Lipinski definition) is 0. The molecule has 0 saturated heterocycles. The lowest BCUT2D eigenvalue weighted by Crippen LogP contribution is -1.88. The number of fused-ring (bicyclic) bond motifs is 1. The first-order chi connectivity index (χ1) is 5.27. The highest BCUT2D eigenvalue weighted by Crippen LogP contribution is 2.05. The van der Waals surface area contributed by atoms with E-state index in [1.807, 2.05) is 0 Å². The van der Waals surface area contributed by atoms with E-state index < -0.39 is 11.8 Å². The van der Waals surface area contributed by atoms with Crippen molar-refractivity contribution >= 4 is 5.65 Å². The van der Waals surface area contributed by atoms with Gasteiger partial charge in [-0.05, 0) is 12.1 Å². The summed E-state index contributed by atoms with van der Waals surface area (Å²) in [5, 5.41) is 0. The molecule has 0 saturated carbocycles. The Morgan fingerprint density at radius 2 is 2.09 bits per heavy atom.